The number of ether oxygens (including phenoxy) is 2. The summed E-state index contributed by atoms with van der Waals surface area (Å²) < 4.78 is 38.1. The van der Waals surface area contributed by atoms with Crippen molar-refractivity contribution in [2.75, 3.05) is 27.3 Å². The third kappa shape index (κ3) is 5.83. The highest BCUT2D eigenvalue weighted by Crippen LogP contribution is 2.33. The molecule has 2 aromatic carbocycles. The Labute approximate surface area is 220 Å². The molecule has 1 amide bonds. The van der Waals surface area contributed by atoms with Crippen molar-refractivity contribution < 1.29 is 22.7 Å². The molecule has 8 nitrogen and oxygen atoms in total. The van der Waals surface area contributed by atoms with Gasteiger partial charge in [0.15, 0.2) is 0 Å². The largest absolute Gasteiger partial charge is 0.497 e. The van der Waals surface area contributed by atoms with Crippen LogP contribution in [0.2, 0.25) is 5.02 Å². The van der Waals surface area contributed by atoms with E-state index in [1.54, 1.807) is 37.8 Å². The number of hydrogen-bond acceptors (Lipinski definition) is 7. The van der Waals surface area contributed by atoms with Gasteiger partial charge in [0.1, 0.15) is 17.2 Å². The van der Waals surface area contributed by atoms with Crippen LogP contribution in [-0.4, -0.2) is 50.9 Å². The van der Waals surface area contributed by atoms with Crippen LogP contribution >= 0.6 is 22.9 Å². The van der Waals surface area contributed by atoms with E-state index in [4.69, 9.17) is 21.1 Å². The maximum Gasteiger partial charge on any atom is 0.271 e. The van der Waals surface area contributed by atoms with E-state index >= 15 is 0 Å². The molecule has 0 spiro atoms. The van der Waals surface area contributed by atoms with Crippen LogP contribution in [0, 0.1) is 6.92 Å². The monoisotopic (exact) mass is 549 g/mol. The van der Waals surface area contributed by atoms with Gasteiger partial charge in [-0.2, -0.15) is 4.31 Å². The van der Waals surface area contributed by atoms with E-state index in [9.17, 15) is 13.2 Å². The second-order valence-corrected chi connectivity index (χ2v) is 11.8. The van der Waals surface area contributed by atoms with Gasteiger partial charge >= 0.3 is 0 Å². The zero-order valence-corrected chi connectivity index (χ0v) is 22.7. The summed E-state index contributed by atoms with van der Waals surface area (Å²) in [5, 5.41) is 5.91. The van der Waals surface area contributed by atoms with Gasteiger partial charge in [-0.1, -0.05) is 17.7 Å². The molecule has 3 aromatic rings. The Bertz CT molecular complexity index is 1330. The predicted octanol–water partition coefficient (Wildman–Crippen LogP) is 4.62. The number of halogens is 1. The van der Waals surface area contributed by atoms with E-state index < -0.39 is 10.0 Å². The van der Waals surface area contributed by atoms with Crippen molar-refractivity contribution in [3.8, 4) is 11.5 Å². The molecule has 2 heterocycles. The molecule has 192 valence electrons. The normalized spacial score (nSPS) is 15.0. The van der Waals surface area contributed by atoms with Crippen molar-refractivity contribution in [1.82, 2.24) is 14.6 Å². The van der Waals surface area contributed by atoms with Crippen molar-refractivity contribution in [3.05, 3.63) is 68.6 Å². The molecule has 4 rings (SSSR count). The minimum Gasteiger partial charge on any atom is -0.497 e. The molecule has 36 heavy (non-hydrogen) atoms. The minimum absolute atomic E-state index is 0.104. The summed E-state index contributed by atoms with van der Waals surface area (Å²) in [4.78, 5) is 17.4. The Hall–Kier alpha value is -2.66. The predicted molar refractivity (Wildman–Crippen MR) is 140 cm³/mol. The van der Waals surface area contributed by atoms with E-state index in [0.717, 1.165) is 16.1 Å². The summed E-state index contributed by atoms with van der Waals surface area (Å²) in [6.45, 7) is 2.91. The number of rotatable bonds is 8. The first-order chi connectivity index (χ1) is 17.2. The van der Waals surface area contributed by atoms with Crippen LogP contribution in [-0.2, 0) is 16.6 Å². The van der Waals surface area contributed by atoms with Gasteiger partial charge < -0.3 is 14.8 Å². The second-order valence-electron chi connectivity index (χ2n) is 8.56. The molecule has 0 bridgehead atoms. The molecule has 11 heteroatoms. The number of sulfonamides is 1. The molecule has 1 N–H and O–H groups in total. The molecule has 1 fully saturated rings. The lowest BCUT2D eigenvalue weighted by Crippen LogP contribution is -2.37. The molecule has 0 atom stereocenters. The van der Waals surface area contributed by atoms with Gasteiger partial charge in [0.2, 0.25) is 10.0 Å². The Morgan fingerprint density at radius 1 is 1.14 bits per heavy atom. The van der Waals surface area contributed by atoms with E-state index in [0.29, 0.717) is 54.7 Å². The smallest absolute Gasteiger partial charge is 0.271 e. The van der Waals surface area contributed by atoms with Crippen molar-refractivity contribution in [1.29, 1.82) is 0 Å². The molecule has 1 aliphatic rings. The minimum atomic E-state index is -3.61. The molecule has 1 aliphatic heterocycles. The molecule has 0 aliphatic carbocycles. The van der Waals surface area contributed by atoms with Gasteiger partial charge in [-0.3, -0.25) is 4.79 Å². The number of carbonyl (C=O) groups is 1. The van der Waals surface area contributed by atoms with Crippen molar-refractivity contribution in [2.24, 2.45) is 0 Å². The number of nitrogens with one attached hydrogen (secondary N) is 1. The molecular formula is C25H28ClN3O5S2. The lowest BCUT2D eigenvalue weighted by Gasteiger charge is -2.30. The molecule has 0 unspecified atom stereocenters. The number of aromatic nitrogens is 1. The van der Waals surface area contributed by atoms with Crippen LogP contribution in [0.25, 0.3) is 0 Å². The fourth-order valence-electron chi connectivity index (χ4n) is 4.05. The lowest BCUT2D eigenvalue weighted by molar-refractivity contribution is 0.0946. The Morgan fingerprint density at radius 2 is 1.81 bits per heavy atom. The van der Waals surface area contributed by atoms with Crippen LogP contribution in [0.1, 0.15) is 45.4 Å². The summed E-state index contributed by atoms with van der Waals surface area (Å²) in [7, 11) is -0.458. The second kappa shape index (κ2) is 11.2. The highest BCUT2D eigenvalue weighted by atomic mass is 35.5. The van der Waals surface area contributed by atoms with Gasteiger partial charge in [-0.25, -0.2) is 13.4 Å². The number of amides is 1. The van der Waals surface area contributed by atoms with Crippen molar-refractivity contribution in [3.63, 3.8) is 0 Å². The molecule has 1 aromatic heterocycles. The Balaban J connectivity index is 1.35. The zero-order chi connectivity index (χ0) is 25.9. The van der Waals surface area contributed by atoms with Gasteiger partial charge in [0.25, 0.3) is 5.91 Å². The van der Waals surface area contributed by atoms with Crippen LogP contribution in [0.15, 0.2) is 46.7 Å². The van der Waals surface area contributed by atoms with Crippen LogP contribution < -0.4 is 14.8 Å². The first-order valence-corrected chi connectivity index (χ1v) is 14.1. The fourth-order valence-corrected chi connectivity index (χ4v) is 6.76. The standard InChI is InChI=1S/C25H28ClN3O5S2/c1-16-4-5-21(13-22(16)26)36(31,32)29-8-6-18(7-9-29)25-28-23(15-35-25)24(30)27-14-17-10-19(33-2)12-20(11-17)34-3/h4-5,10-13,15,18H,6-9,14H2,1-3H3,(H,27,30). The summed E-state index contributed by atoms with van der Waals surface area (Å²) in [6.07, 6.45) is 1.27. The van der Waals surface area contributed by atoms with Crippen LogP contribution in [0.5, 0.6) is 11.5 Å². The number of piperidine rings is 1. The number of methoxy groups -OCH3 is 2. The van der Waals surface area contributed by atoms with E-state index in [1.165, 1.54) is 21.7 Å². The first-order valence-electron chi connectivity index (χ1n) is 11.4. The SMILES string of the molecule is COc1cc(CNC(=O)c2csc(C3CCN(S(=O)(=O)c4ccc(C)c(Cl)c4)CC3)n2)cc(OC)c1. The average molecular weight is 550 g/mol. The van der Waals surface area contributed by atoms with E-state index in [2.05, 4.69) is 10.3 Å². The molecule has 0 radical (unpaired) electrons. The maximum absolute atomic E-state index is 13.0. The van der Waals surface area contributed by atoms with Crippen molar-refractivity contribution in [2.45, 2.75) is 37.1 Å². The van der Waals surface area contributed by atoms with Gasteiger partial charge in [0, 0.05) is 42.0 Å². The number of benzene rings is 2. The van der Waals surface area contributed by atoms with Crippen molar-refractivity contribution >= 4 is 38.9 Å². The highest BCUT2D eigenvalue weighted by molar-refractivity contribution is 7.89. The van der Waals surface area contributed by atoms with Crippen LogP contribution in [0.4, 0.5) is 0 Å². The average Bonchev–Trinajstić information content (AvgIpc) is 3.39. The number of aryl methyl sites for hydroxylation is 1. The number of thiazole rings is 1. The third-order valence-corrected chi connectivity index (χ3v) is 9.51. The fraction of sp³-hybridized carbons (Fsp3) is 0.360. The number of nitrogens with zero attached hydrogens (tertiary/aromatic N) is 2. The highest BCUT2D eigenvalue weighted by Gasteiger charge is 2.31. The quantitative estimate of drug-likeness (QED) is 0.440. The third-order valence-electron chi connectivity index (χ3n) is 6.20. The van der Waals surface area contributed by atoms with Gasteiger partial charge in [-0.15, -0.1) is 11.3 Å². The maximum atomic E-state index is 13.0. The molecule has 1 saturated heterocycles. The van der Waals surface area contributed by atoms with E-state index in [1.807, 2.05) is 19.1 Å². The van der Waals surface area contributed by atoms with Gasteiger partial charge in [0.05, 0.1) is 24.1 Å². The Kier molecular flexibility index (Phi) is 8.19. The number of carbonyl (C=O) groups excluding carboxylic acids is 1. The Morgan fingerprint density at radius 3 is 2.42 bits per heavy atom. The first kappa shape index (κ1) is 26.4. The lowest BCUT2D eigenvalue weighted by atomic mass is 9.99. The van der Waals surface area contributed by atoms with Gasteiger partial charge in [-0.05, 0) is 55.2 Å². The molecule has 0 saturated carbocycles. The van der Waals surface area contributed by atoms with E-state index in [-0.39, 0.29) is 16.7 Å². The topological polar surface area (TPSA) is 97.8 Å². The zero-order valence-electron chi connectivity index (χ0n) is 20.3. The van der Waals surface area contributed by atoms with Crippen LogP contribution in [0.3, 0.4) is 0 Å². The molecular weight excluding hydrogens is 522 g/mol. The number of hydrogen-bond donors (Lipinski definition) is 1. The summed E-state index contributed by atoms with van der Waals surface area (Å²) in [5.74, 6) is 1.13. The summed E-state index contributed by atoms with van der Waals surface area (Å²) >= 11 is 7.57. The summed E-state index contributed by atoms with van der Waals surface area (Å²) in [5.41, 5.74) is 2.04. The summed E-state index contributed by atoms with van der Waals surface area (Å²) in [6, 6.07) is 10.3.